The fraction of sp³-hybridized carbons (Fsp3) is 0.111. The minimum Gasteiger partial charge on any atom is -0.438 e. The first-order valence-electron chi connectivity index (χ1n) is 10.6. The van der Waals surface area contributed by atoms with E-state index in [-0.39, 0.29) is 26.8 Å². The second-order valence-corrected chi connectivity index (χ2v) is 9.94. The summed E-state index contributed by atoms with van der Waals surface area (Å²) in [5.41, 5.74) is 9.04. The number of aromatic nitrogens is 1. The van der Waals surface area contributed by atoms with Crippen molar-refractivity contribution in [1.82, 2.24) is 4.98 Å². The monoisotopic (exact) mass is 472 g/mol. The Bertz CT molecular complexity index is 1460. The Labute approximate surface area is 199 Å². The number of benzene rings is 3. The molecule has 6 nitrogen and oxygen atoms in total. The van der Waals surface area contributed by atoms with E-state index in [0.717, 1.165) is 16.7 Å². The van der Waals surface area contributed by atoms with Crippen LogP contribution in [0.3, 0.4) is 0 Å². The van der Waals surface area contributed by atoms with Gasteiger partial charge in [0.1, 0.15) is 11.3 Å². The van der Waals surface area contributed by atoms with Crippen LogP contribution < -0.4 is 10.5 Å². The summed E-state index contributed by atoms with van der Waals surface area (Å²) in [6, 6.07) is 20.7. The molecule has 1 amide bonds. The molecule has 4 aromatic rings. The van der Waals surface area contributed by atoms with E-state index in [1.54, 1.807) is 42.5 Å². The zero-order valence-electron chi connectivity index (χ0n) is 19.1. The third-order valence-electron chi connectivity index (χ3n) is 5.45. The number of carbonyl (C=O) groups is 1. The van der Waals surface area contributed by atoms with Crippen LogP contribution in [0.15, 0.2) is 88.8 Å². The van der Waals surface area contributed by atoms with E-state index in [9.17, 15) is 13.2 Å². The maximum absolute atomic E-state index is 13.8. The molecule has 3 aromatic carbocycles. The van der Waals surface area contributed by atoms with E-state index in [4.69, 9.17) is 10.5 Å². The molecule has 1 aromatic heterocycles. The van der Waals surface area contributed by atoms with Gasteiger partial charge in [-0.05, 0) is 49.6 Å². The lowest BCUT2D eigenvalue weighted by molar-refractivity contribution is 0.0994. The van der Waals surface area contributed by atoms with Crippen molar-refractivity contribution < 1.29 is 17.9 Å². The number of primary amides is 1. The lowest BCUT2D eigenvalue weighted by Gasteiger charge is -2.18. The van der Waals surface area contributed by atoms with E-state index < -0.39 is 15.7 Å². The van der Waals surface area contributed by atoms with Gasteiger partial charge in [-0.1, -0.05) is 66.2 Å². The van der Waals surface area contributed by atoms with Crippen LogP contribution in [-0.2, 0) is 9.84 Å². The normalized spacial score (nSPS) is 11.3. The van der Waals surface area contributed by atoms with Crippen LogP contribution in [0.2, 0.25) is 0 Å². The van der Waals surface area contributed by atoms with Gasteiger partial charge in [0.15, 0.2) is 0 Å². The zero-order valence-corrected chi connectivity index (χ0v) is 19.9. The molecule has 0 aliphatic heterocycles. The highest BCUT2D eigenvalue weighted by molar-refractivity contribution is 7.91. The van der Waals surface area contributed by atoms with Crippen molar-refractivity contribution in [2.75, 3.05) is 0 Å². The van der Waals surface area contributed by atoms with Gasteiger partial charge >= 0.3 is 0 Å². The third-order valence-corrected chi connectivity index (χ3v) is 7.31. The zero-order chi connectivity index (χ0) is 24.5. The average Bonchev–Trinajstić information content (AvgIpc) is 2.81. The molecule has 0 bridgehead atoms. The smallest absolute Gasteiger partial charge is 0.255 e. The van der Waals surface area contributed by atoms with Crippen LogP contribution in [0.1, 0.15) is 27.0 Å². The summed E-state index contributed by atoms with van der Waals surface area (Å²) < 4.78 is 33.8. The van der Waals surface area contributed by atoms with E-state index in [2.05, 4.69) is 4.98 Å². The molecule has 7 heteroatoms. The summed E-state index contributed by atoms with van der Waals surface area (Å²) in [4.78, 5) is 16.9. The number of nitrogens with two attached hydrogens (primary N) is 1. The molecule has 0 radical (unpaired) electrons. The number of aryl methyl sites for hydroxylation is 3. The fourth-order valence-electron chi connectivity index (χ4n) is 4.02. The average molecular weight is 473 g/mol. The predicted molar refractivity (Wildman–Crippen MR) is 131 cm³/mol. The van der Waals surface area contributed by atoms with Crippen molar-refractivity contribution in [2.24, 2.45) is 5.73 Å². The van der Waals surface area contributed by atoms with Gasteiger partial charge in [0.25, 0.3) is 5.91 Å². The largest absolute Gasteiger partial charge is 0.438 e. The Morgan fingerprint density at radius 1 is 0.882 bits per heavy atom. The van der Waals surface area contributed by atoms with Crippen LogP contribution in [0.25, 0.3) is 11.1 Å². The topological polar surface area (TPSA) is 99.3 Å². The number of ether oxygens (including phenoxy) is 1. The summed E-state index contributed by atoms with van der Waals surface area (Å²) in [7, 11) is -4.16. The number of pyridine rings is 1. The highest BCUT2D eigenvalue weighted by Crippen LogP contribution is 2.39. The molecule has 172 valence electrons. The molecule has 0 atom stereocenters. The molecular weight excluding hydrogens is 448 g/mol. The van der Waals surface area contributed by atoms with Gasteiger partial charge in [-0.25, -0.2) is 13.4 Å². The number of rotatable bonds is 6. The lowest BCUT2D eigenvalue weighted by atomic mass is 10.0. The van der Waals surface area contributed by atoms with Gasteiger partial charge in [-0.2, -0.15) is 0 Å². The van der Waals surface area contributed by atoms with Gasteiger partial charge in [0.05, 0.1) is 9.79 Å². The number of hydrogen-bond donors (Lipinski definition) is 1. The van der Waals surface area contributed by atoms with Gasteiger partial charge < -0.3 is 10.5 Å². The third kappa shape index (κ3) is 4.30. The quantitative estimate of drug-likeness (QED) is 0.405. The predicted octanol–water partition coefficient (Wildman–Crippen LogP) is 5.40. The van der Waals surface area contributed by atoms with Gasteiger partial charge in [0.2, 0.25) is 15.7 Å². The summed E-state index contributed by atoms with van der Waals surface area (Å²) in [5.74, 6) is -0.606. The van der Waals surface area contributed by atoms with Crippen molar-refractivity contribution >= 4 is 15.7 Å². The van der Waals surface area contributed by atoms with E-state index in [1.807, 2.05) is 39.0 Å². The first-order valence-corrected chi connectivity index (χ1v) is 12.1. The fourth-order valence-corrected chi connectivity index (χ4v) is 5.69. The summed E-state index contributed by atoms with van der Waals surface area (Å²) in [6.45, 7) is 5.72. The second-order valence-electron chi connectivity index (χ2n) is 8.06. The molecule has 0 aliphatic carbocycles. The van der Waals surface area contributed by atoms with Crippen LogP contribution in [0.4, 0.5) is 0 Å². The van der Waals surface area contributed by atoms with Gasteiger partial charge in [-0.3, -0.25) is 4.79 Å². The maximum atomic E-state index is 13.8. The molecule has 2 N–H and O–H groups in total. The molecule has 0 saturated heterocycles. The highest BCUT2D eigenvalue weighted by Gasteiger charge is 2.32. The van der Waals surface area contributed by atoms with E-state index in [0.29, 0.717) is 11.3 Å². The lowest BCUT2D eigenvalue weighted by Crippen LogP contribution is -2.20. The number of carbonyl (C=O) groups excluding carboxylic acids is 1. The molecule has 1 heterocycles. The summed E-state index contributed by atoms with van der Waals surface area (Å²) in [6.07, 6.45) is 1.41. The van der Waals surface area contributed by atoms with E-state index in [1.165, 1.54) is 18.3 Å². The minimum absolute atomic E-state index is 0.0366. The van der Waals surface area contributed by atoms with Crippen LogP contribution in [0.5, 0.6) is 11.6 Å². The Hall–Kier alpha value is -3.97. The molecule has 34 heavy (non-hydrogen) atoms. The SMILES string of the molecule is Cc1cc(C)c(Oc2ncc(-c3ccccc3)c(S(=O)(=O)c3ccccc3)c2C(N)=O)c(C)c1. The number of hydrogen-bond acceptors (Lipinski definition) is 5. The first kappa shape index (κ1) is 23.2. The molecule has 4 rings (SSSR count). The van der Waals surface area contributed by atoms with Crippen LogP contribution in [0, 0.1) is 20.8 Å². The van der Waals surface area contributed by atoms with Crippen LogP contribution in [-0.4, -0.2) is 19.3 Å². The molecule has 0 fully saturated rings. The standard InChI is InChI=1S/C27H24N2O4S/c1-17-14-18(2)24(19(3)15-17)33-27-23(26(28)30)25(34(31,32)21-12-8-5-9-13-21)22(16-29-27)20-10-6-4-7-11-20/h4-16H,1-3H3,(H2,28,30). The van der Waals surface area contributed by atoms with Crippen LogP contribution >= 0.6 is 0 Å². The first-order chi connectivity index (χ1) is 16.2. The van der Waals surface area contributed by atoms with Gasteiger partial charge in [-0.15, -0.1) is 0 Å². The number of amides is 1. The van der Waals surface area contributed by atoms with E-state index >= 15 is 0 Å². The van der Waals surface area contributed by atoms with Crippen molar-refractivity contribution in [2.45, 2.75) is 30.6 Å². The molecule has 0 spiro atoms. The Balaban J connectivity index is 2.04. The van der Waals surface area contributed by atoms with Crippen molar-refractivity contribution in [3.05, 3.63) is 101 Å². The molecular formula is C27H24N2O4S. The Morgan fingerprint density at radius 3 is 2.00 bits per heavy atom. The molecule has 0 unspecified atom stereocenters. The number of nitrogens with zero attached hydrogens (tertiary/aromatic N) is 1. The van der Waals surface area contributed by atoms with Crippen molar-refractivity contribution in [3.8, 4) is 22.8 Å². The van der Waals surface area contributed by atoms with Gasteiger partial charge in [0, 0.05) is 11.8 Å². The second kappa shape index (κ2) is 9.11. The Kier molecular flexibility index (Phi) is 6.22. The molecule has 0 saturated carbocycles. The number of sulfone groups is 1. The highest BCUT2D eigenvalue weighted by atomic mass is 32.2. The summed E-state index contributed by atoms with van der Waals surface area (Å²) >= 11 is 0. The Morgan fingerprint density at radius 2 is 1.44 bits per heavy atom. The van der Waals surface area contributed by atoms with Crippen molar-refractivity contribution in [1.29, 1.82) is 0 Å². The molecule has 0 aliphatic rings. The minimum atomic E-state index is -4.16. The maximum Gasteiger partial charge on any atom is 0.255 e. The van der Waals surface area contributed by atoms with Crippen molar-refractivity contribution in [3.63, 3.8) is 0 Å². The summed E-state index contributed by atoms with van der Waals surface area (Å²) in [5, 5.41) is 0.